The van der Waals surface area contributed by atoms with Gasteiger partial charge in [0.1, 0.15) is 17.3 Å². The van der Waals surface area contributed by atoms with Gasteiger partial charge >= 0.3 is 0 Å². The largest absolute Gasteiger partial charge is 0.456 e. The lowest BCUT2D eigenvalue weighted by Crippen LogP contribution is -2.48. The quantitative estimate of drug-likeness (QED) is 0.573. The molecule has 1 unspecified atom stereocenters. The summed E-state index contributed by atoms with van der Waals surface area (Å²) in [6.07, 6.45) is 0.839. The van der Waals surface area contributed by atoms with E-state index in [-0.39, 0.29) is 12.1 Å². The van der Waals surface area contributed by atoms with Gasteiger partial charge in [-0.05, 0) is 45.0 Å². The molecule has 1 aromatic carbocycles. The van der Waals surface area contributed by atoms with E-state index in [1.54, 1.807) is 24.4 Å². The normalized spacial score (nSPS) is 16.1. The van der Waals surface area contributed by atoms with Crippen molar-refractivity contribution in [3.05, 3.63) is 65.5 Å². The summed E-state index contributed by atoms with van der Waals surface area (Å²) in [6.45, 7) is 8.29. The molecule has 0 aliphatic carbocycles. The maximum Gasteiger partial charge on any atom is 0.138 e. The second-order valence-electron chi connectivity index (χ2n) is 8.99. The first-order valence-corrected chi connectivity index (χ1v) is 11.2. The molecule has 0 radical (unpaired) electrons. The highest BCUT2D eigenvalue weighted by molar-refractivity contribution is 5.69. The number of rotatable bonds is 6. The number of hydrogen-bond acceptors (Lipinski definition) is 8. The Morgan fingerprint density at radius 3 is 2.76 bits per heavy atom. The predicted octanol–water partition coefficient (Wildman–Crippen LogP) is 3.72. The van der Waals surface area contributed by atoms with E-state index in [2.05, 4.69) is 29.8 Å². The van der Waals surface area contributed by atoms with E-state index in [9.17, 15) is 10.4 Å². The Morgan fingerprint density at radius 2 is 2.09 bits per heavy atom. The van der Waals surface area contributed by atoms with E-state index < -0.39 is 6.10 Å². The molecular weight excluding hydrogens is 430 g/mol. The van der Waals surface area contributed by atoms with Gasteiger partial charge in [0.25, 0.3) is 0 Å². The minimum Gasteiger partial charge on any atom is -0.456 e. The van der Waals surface area contributed by atoms with Crippen LogP contribution in [0.4, 0.5) is 5.82 Å². The van der Waals surface area contributed by atoms with Crippen LogP contribution in [0.5, 0.6) is 11.5 Å². The van der Waals surface area contributed by atoms with Crippen LogP contribution in [0.25, 0.3) is 11.3 Å². The van der Waals surface area contributed by atoms with Crippen molar-refractivity contribution in [1.82, 2.24) is 9.97 Å². The Labute approximate surface area is 199 Å². The molecule has 1 fully saturated rings. The molecular formula is C26H29N5O3. The summed E-state index contributed by atoms with van der Waals surface area (Å²) in [4.78, 5) is 11.4. The summed E-state index contributed by atoms with van der Waals surface area (Å²) in [5.74, 6) is 1.96. The van der Waals surface area contributed by atoms with Crippen LogP contribution >= 0.6 is 0 Å². The Hall–Kier alpha value is -3.51. The second kappa shape index (κ2) is 9.77. The number of nitrogens with two attached hydrogens (primary N) is 1. The van der Waals surface area contributed by atoms with Gasteiger partial charge in [0, 0.05) is 54.8 Å². The molecule has 1 saturated heterocycles. The van der Waals surface area contributed by atoms with Crippen LogP contribution in [0.15, 0.2) is 48.7 Å². The summed E-state index contributed by atoms with van der Waals surface area (Å²) >= 11 is 0. The molecule has 1 aliphatic rings. The summed E-state index contributed by atoms with van der Waals surface area (Å²) in [5.41, 5.74) is 8.63. The van der Waals surface area contributed by atoms with Gasteiger partial charge in [-0.2, -0.15) is 5.26 Å². The van der Waals surface area contributed by atoms with Gasteiger partial charge in [-0.1, -0.05) is 6.07 Å². The number of morpholine rings is 1. The van der Waals surface area contributed by atoms with Gasteiger partial charge in [0.2, 0.25) is 0 Å². The molecule has 3 N–H and O–H groups in total. The molecule has 0 spiro atoms. The smallest absolute Gasteiger partial charge is 0.138 e. The Kier molecular flexibility index (Phi) is 6.80. The molecule has 34 heavy (non-hydrogen) atoms. The van der Waals surface area contributed by atoms with Crippen molar-refractivity contribution < 1.29 is 14.6 Å². The summed E-state index contributed by atoms with van der Waals surface area (Å²) in [6, 6.07) is 14.8. The highest BCUT2D eigenvalue weighted by Crippen LogP contribution is 2.35. The average Bonchev–Trinajstić information content (AvgIpc) is 2.82. The van der Waals surface area contributed by atoms with Gasteiger partial charge in [-0.3, -0.25) is 4.98 Å². The first-order valence-electron chi connectivity index (χ1n) is 11.2. The Balaban J connectivity index is 1.67. The number of nitriles is 1. The van der Waals surface area contributed by atoms with Crippen molar-refractivity contribution >= 4 is 5.82 Å². The maximum absolute atomic E-state index is 9.96. The zero-order chi connectivity index (χ0) is 24.3. The molecule has 0 bridgehead atoms. The monoisotopic (exact) mass is 459 g/mol. The molecule has 1 atom stereocenters. The van der Waals surface area contributed by atoms with Crippen molar-refractivity contribution in [3.63, 3.8) is 0 Å². The van der Waals surface area contributed by atoms with Crippen molar-refractivity contribution in [3.8, 4) is 28.8 Å². The first kappa shape index (κ1) is 23.6. The third kappa shape index (κ3) is 5.34. The van der Waals surface area contributed by atoms with Gasteiger partial charge in [0.05, 0.1) is 35.6 Å². The third-order valence-electron chi connectivity index (χ3n) is 5.67. The van der Waals surface area contributed by atoms with E-state index >= 15 is 0 Å². The molecule has 0 saturated carbocycles. The zero-order valence-electron chi connectivity index (χ0n) is 19.7. The van der Waals surface area contributed by atoms with Crippen LogP contribution in [0, 0.1) is 18.3 Å². The van der Waals surface area contributed by atoms with Crippen LogP contribution < -0.4 is 15.4 Å². The average molecular weight is 460 g/mol. The number of nitrogens with zero attached hydrogens (tertiary/aromatic N) is 4. The Morgan fingerprint density at radius 1 is 1.26 bits per heavy atom. The molecule has 176 valence electrons. The highest BCUT2D eigenvalue weighted by Gasteiger charge is 2.28. The fourth-order valence-corrected chi connectivity index (χ4v) is 3.97. The van der Waals surface area contributed by atoms with Gasteiger partial charge in [-0.15, -0.1) is 0 Å². The molecule has 2 aromatic heterocycles. The number of ether oxygens (including phenoxy) is 2. The molecule has 0 amide bonds. The van der Waals surface area contributed by atoms with E-state index in [1.807, 2.05) is 31.2 Å². The molecule has 8 heteroatoms. The molecule has 4 rings (SSSR count). The third-order valence-corrected chi connectivity index (χ3v) is 5.67. The molecule has 1 aliphatic heterocycles. The van der Waals surface area contributed by atoms with Crippen LogP contribution in [-0.2, 0) is 4.74 Å². The van der Waals surface area contributed by atoms with Crippen molar-refractivity contribution in [2.45, 2.75) is 32.5 Å². The highest BCUT2D eigenvalue weighted by atomic mass is 16.5. The lowest BCUT2D eigenvalue weighted by atomic mass is 10.1. The molecule has 8 nitrogen and oxygen atoms in total. The first-order chi connectivity index (χ1) is 16.3. The number of aliphatic hydroxyl groups is 1. The van der Waals surface area contributed by atoms with E-state index in [1.165, 1.54) is 0 Å². The van der Waals surface area contributed by atoms with Gasteiger partial charge in [-0.25, -0.2) is 4.98 Å². The van der Waals surface area contributed by atoms with Crippen molar-refractivity contribution in [1.29, 1.82) is 5.26 Å². The summed E-state index contributed by atoms with van der Waals surface area (Å²) in [7, 11) is 0. The second-order valence-corrected chi connectivity index (χ2v) is 8.99. The van der Waals surface area contributed by atoms with E-state index in [0.29, 0.717) is 34.9 Å². The number of aromatic nitrogens is 2. The molecule has 3 aromatic rings. The number of pyridine rings is 2. The maximum atomic E-state index is 9.96. The minimum absolute atomic E-state index is 0.121. The fraction of sp³-hybridized carbons (Fsp3) is 0.346. The topological polar surface area (TPSA) is 118 Å². The van der Waals surface area contributed by atoms with E-state index in [0.717, 1.165) is 30.2 Å². The zero-order valence-corrected chi connectivity index (χ0v) is 19.7. The van der Waals surface area contributed by atoms with Crippen LogP contribution in [0.3, 0.4) is 0 Å². The van der Waals surface area contributed by atoms with Gasteiger partial charge in [0.15, 0.2) is 0 Å². The number of aryl methyl sites for hydroxylation is 1. The lowest BCUT2D eigenvalue weighted by molar-refractivity contribution is -0.0279. The summed E-state index contributed by atoms with van der Waals surface area (Å²) < 4.78 is 12.1. The van der Waals surface area contributed by atoms with Gasteiger partial charge < -0.3 is 25.2 Å². The Bertz CT molecular complexity index is 1200. The van der Waals surface area contributed by atoms with Crippen molar-refractivity contribution in [2.75, 3.05) is 31.1 Å². The van der Waals surface area contributed by atoms with Crippen molar-refractivity contribution in [2.24, 2.45) is 5.73 Å². The lowest BCUT2D eigenvalue weighted by Gasteiger charge is -2.39. The van der Waals surface area contributed by atoms with Crippen LogP contribution in [0.2, 0.25) is 0 Å². The van der Waals surface area contributed by atoms with Crippen LogP contribution in [-0.4, -0.2) is 46.9 Å². The number of benzene rings is 1. The predicted molar refractivity (Wildman–Crippen MR) is 130 cm³/mol. The number of aliphatic hydroxyl groups excluding tert-OH is 1. The SMILES string of the molecule is Cc1cc(Oc2cc(C#N)ccc2-c2ccc(C(O)CN)cn2)cc(N2CCOC(C)(C)C2)n1. The fourth-order valence-electron chi connectivity index (χ4n) is 3.97. The van der Waals surface area contributed by atoms with Crippen LogP contribution in [0.1, 0.15) is 36.8 Å². The molecule has 3 heterocycles. The van der Waals surface area contributed by atoms with E-state index in [4.69, 9.17) is 20.2 Å². The number of hydrogen-bond donors (Lipinski definition) is 2. The summed E-state index contributed by atoms with van der Waals surface area (Å²) in [5, 5.41) is 19.4. The number of anilines is 1. The standard InChI is InChI=1S/C26H29N5O3/c1-17-10-20(12-25(30-17)31-8-9-33-26(2,3)16-31)34-24-11-18(13-27)4-6-21(24)22-7-5-19(15-29-22)23(32)14-28/h4-7,10-12,15,23,32H,8-9,14,16,28H2,1-3H3. The minimum atomic E-state index is -0.762.